The van der Waals surface area contributed by atoms with E-state index >= 15 is 0 Å². The molecule has 1 aromatic carbocycles. The number of methoxy groups -OCH3 is 1. The Morgan fingerprint density at radius 3 is 2.95 bits per heavy atom. The molecule has 5 nitrogen and oxygen atoms in total. The van der Waals surface area contributed by atoms with E-state index in [9.17, 15) is 9.90 Å². The molecule has 0 aromatic heterocycles. The molecule has 0 spiro atoms. The van der Waals surface area contributed by atoms with Gasteiger partial charge in [-0.05, 0) is 31.0 Å². The van der Waals surface area contributed by atoms with Crippen molar-refractivity contribution in [2.45, 2.75) is 32.4 Å². The van der Waals surface area contributed by atoms with Gasteiger partial charge in [-0.2, -0.15) is 0 Å². The van der Waals surface area contributed by atoms with Crippen LogP contribution in [0.3, 0.4) is 0 Å². The Labute approximate surface area is 125 Å². The lowest BCUT2D eigenvalue weighted by molar-refractivity contribution is -0.145. The molecule has 1 fully saturated rings. The molecule has 0 radical (unpaired) electrons. The Hall–Kier alpha value is -1.59. The maximum Gasteiger partial charge on any atom is 0.227 e. The van der Waals surface area contributed by atoms with E-state index in [1.807, 2.05) is 32.0 Å². The fraction of sp³-hybridized carbons (Fsp3) is 0.562. The van der Waals surface area contributed by atoms with Gasteiger partial charge in [0.25, 0.3) is 0 Å². The summed E-state index contributed by atoms with van der Waals surface area (Å²) in [6.45, 7) is 4.78. The molecule has 0 saturated carbocycles. The van der Waals surface area contributed by atoms with Crippen molar-refractivity contribution in [3.63, 3.8) is 0 Å². The molecular formula is C16H23NO4. The quantitative estimate of drug-likeness (QED) is 0.905. The highest BCUT2D eigenvalue weighted by atomic mass is 16.5. The van der Waals surface area contributed by atoms with E-state index in [0.29, 0.717) is 19.6 Å². The van der Waals surface area contributed by atoms with Gasteiger partial charge in [0.1, 0.15) is 5.75 Å². The number of hydrogen-bond donors (Lipinski definition) is 1. The number of benzene rings is 1. The van der Waals surface area contributed by atoms with Crippen LogP contribution in [0.5, 0.6) is 5.75 Å². The molecule has 1 heterocycles. The second-order valence-corrected chi connectivity index (χ2v) is 5.51. The van der Waals surface area contributed by atoms with Crippen molar-refractivity contribution in [3.05, 3.63) is 29.3 Å². The van der Waals surface area contributed by atoms with Gasteiger partial charge in [0.15, 0.2) is 0 Å². The third-order valence-electron chi connectivity index (χ3n) is 3.86. The zero-order valence-corrected chi connectivity index (χ0v) is 12.8. The summed E-state index contributed by atoms with van der Waals surface area (Å²) in [6, 6.07) is 5.85. The topological polar surface area (TPSA) is 59.0 Å². The number of carbonyl (C=O) groups excluding carboxylic acids is 1. The van der Waals surface area contributed by atoms with Gasteiger partial charge in [0, 0.05) is 6.54 Å². The maximum atomic E-state index is 12.5. The molecule has 1 N–H and O–H groups in total. The number of amides is 1. The Morgan fingerprint density at radius 1 is 1.52 bits per heavy atom. The smallest absolute Gasteiger partial charge is 0.227 e. The van der Waals surface area contributed by atoms with Crippen LogP contribution in [0.4, 0.5) is 0 Å². The summed E-state index contributed by atoms with van der Waals surface area (Å²) in [5, 5.41) is 9.19. The number of aliphatic hydroxyl groups is 1. The summed E-state index contributed by atoms with van der Waals surface area (Å²) in [6.07, 6.45) is 0.0526. The molecule has 1 aromatic rings. The highest BCUT2D eigenvalue weighted by molar-refractivity contribution is 5.79. The second kappa shape index (κ2) is 6.91. The van der Waals surface area contributed by atoms with Gasteiger partial charge in [-0.15, -0.1) is 0 Å². The van der Waals surface area contributed by atoms with Crippen LogP contribution < -0.4 is 4.74 Å². The number of rotatable bonds is 4. The highest BCUT2D eigenvalue weighted by Gasteiger charge is 2.29. The lowest BCUT2D eigenvalue weighted by atomic mass is 10.1. The van der Waals surface area contributed by atoms with E-state index in [0.717, 1.165) is 16.9 Å². The van der Waals surface area contributed by atoms with Crippen LogP contribution in [0.25, 0.3) is 0 Å². The van der Waals surface area contributed by atoms with Gasteiger partial charge in [0.05, 0.1) is 38.9 Å². The third kappa shape index (κ3) is 3.74. The molecule has 116 valence electrons. The average Bonchev–Trinajstić information content (AvgIpc) is 2.49. The normalized spacial score (nSPS) is 22.2. The van der Waals surface area contributed by atoms with Crippen molar-refractivity contribution in [2.24, 2.45) is 0 Å². The zero-order chi connectivity index (χ0) is 15.4. The van der Waals surface area contributed by atoms with Crippen molar-refractivity contribution in [2.75, 3.05) is 26.9 Å². The van der Waals surface area contributed by atoms with Gasteiger partial charge >= 0.3 is 0 Å². The van der Waals surface area contributed by atoms with Crippen LogP contribution in [0.1, 0.15) is 18.1 Å². The third-order valence-corrected chi connectivity index (χ3v) is 3.86. The van der Waals surface area contributed by atoms with E-state index in [1.165, 1.54) is 0 Å². The first-order valence-corrected chi connectivity index (χ1v) is 7.20. The second-order valence-electron chi connectivity index (χ2n) is 5.51. The molecule has 1 aliphatic rings. The molecule has 2 unspecified atom stereocenters. The number of carbonyl (C=O) groups is 1. The summed E-state index contributed by atoms with van der Waals surface area (Å²) >= 11 is 0. The molecule has 2 atom stereocenters. The Balaban J connectivity index is 2.06. The van der Waals surface area contributed by atoms with Gasteiger partial charge in [-0.3, -0.25) is 4.79 Å². The van der Waals surface area contributed by atoms with Crippen molar-refractivity contribution < 1.29 is 19.4 Å². The Bertz CT molecular complexity index is 503. The SMILES string of the molecule is COc1cc(CC(=O)N2CC(CO)OCC2C)ccc1C. The first-order chi connectivity index (χ1) is 10.0. The molecule has 2 rings (SSSR count). The van der Waals surface area contributed by atoms with Crippen LogP contribution in [-0.4, -0.2) is 54.9 Å². The predicted molar refractivity (Wildman–Crippen MR) is 79.4 cm³/mol. The molecular weight excluding hydrogens is 270 g/mol. The van der Waals surface area contributed by atoms with Gasteiger partial charge in [-0.1, -0.05) is 12.1 Å². The number of aryl methyl sites for hydroxylation is 1. The average molecular weight is 293 g/mol. The maximum absolute atomic E-state index is 12.5. The van der Waals surface area contributed by atoms with E-state index in [-0.39, 0.29) is 24.7 Å². The fourth-order valence-corrected chi connectivity index (χ4v) is 2.53. The summed E-state index contributed by atoms with van der Waals surface area (Å²) in [5.74, 6) is 0.846. The Morgan fingerprint density at radius 2 is 2.29 bits per heavy atom. The highest BCUT2D eigenvalue weighted by Crippen LogP contribution is 2.20. The standard InChI is InChI=1S/C16H23NO4/c1-11-4-5-13(6-15(11)20-3)7-16(19)17-8-14(9-18)21-10-12(17)2/h4-6,12,14,18H,7-10H2,1-3H3. The van der Waals surface area contributed by atoms with E-state index in [1.54, 1.807) is 12.0 Å². The van der Waals surface area contributed by atoms with Crippen LogP contribution in [0, 0.1) is 6.92 Å². The van der Waals surface area contributed by atoms with Crippen molar-refractivity contribution in [1.82, 2.24) is 4.90 Å². The molecule has 1 saturated heterocycles. The first kappa shape index (κ1) is 15.8. The lowest BCUT2D eigenvalue weighted by Crippen LogP contribution is -2.52. The van der Waals surface area contributed by atoms with E-state index in [2.05, 4.69) is 0 Å². The minimum Gasteiger partial charge on any atom is -0.496 e. The predicted octanol–water partition coefficient (Wildman–Crippen LogP) is 1.15. The monoisotopic (exact) mass is 293 g/mol. The van der Waals surface area contributed by atoms with Crippen LogP contribution in [0.15, 0.2) is 18.2 Å². The fourth-order valence-electron chi connectivity index (χ4n) is 2.53. The van der Waals surface area contributed by atoms with Gasteiger partial charge < -0.3 is 19.5 Å². The Kier molecular flexibility index (Phi) is 5.20. The number of morpholine rings is 1. The van der Waals surface area contributed by atoms with Crippen LogP contribution in [0.2, 0.25) is 0 Å². The minimum atomic E-state index is -0.280. The van der Waals surface area contributed by atoms with Crippen LogP contribution >= 0.6 is 0 Å². The summed E-state index contributed by atoms with van der Waals surface area (Å²) < 4.78 is 10.7. The molecule has 1 aliphatic heterocycles. The van der Waals surface area contributed by atoms with Crippen molar-refractivity contribution >= 4 is 5.91 Å². The summed E-state index contributed by atoms with van der Waals surface area (Å²) in [5.41, 5.74) is 1.98. The van der Waals surface area contributed by atoms with E-state index < -0.39 is 0 Å². The van der Waals surface area contributed by atoms with Crippen molar-refractivity contribution in [1.29, 1.82) is 0 Å². The summed E-state index contributed by atoms with van der Waals surface area (Å²) in [4.78, 5) is 14.3. The molecule has 21 heavy (non-hydrogen) atoms. The number of hydrogen-bond acceptors (Lipinski definition) is 4. The molecule has 1 amide bonds. The van der Waals surface area contributed by atoms with Crippen LogP contribution in [-0.2, 0) is 16.0 Å². The van der Waals surface area contributed by atoms with Crippen molar-refractivity contribution in [3.8, 4) is 5.75 Å². The van der Waals surface area contributed by atoms with E-state index in [4.69, 9.17) is 9.47 Å². The molecule has 0 bridgehead atoms. The zero-order valence-electron chi connectivity index (χ0n) is 12.8. The first-order valence-electron chi connectivity index (χ1n) is 7.20. The van der Waals surface area contributed by atoms with Gasteiger partial charge in [0.2, 0.25) is 5.91 Å². The number of ether oxygens (including phenoxy) is 2. The molecule has 0 aliphatic carbocycles. The number of nitrogens with zero attached hydrogens (tertiary/aromatic N) is 1. The van der Waals surface area contributed by atoms with Gasteiger partial charge in [-0.25, -0.2) is 0 Å². The summed E-state index contributed by atoms with van der Waals surface area (Å²) in [7, 11) is 1.63. The minimum absolute atomic E-state index is 0.0349. The molecule has 5 heteroatoms. The lowest BCUT2D eigenvalue weighted by Gasteiger charge is -2.37. The largest absolute Gasteiger partial charge is 0.496 e. The number of aliphatic hydroxyl groups excluding tert-OH is 1.